The van der Waals surface area contributed by atoms with E-state index >= 15 is 0 Å². The molecule has 4 heteroatoms. The first kappa shape index (κ1) is 30.9. The van der Waals surface area contributed by atoms with Crippen LogP contribution in [-0.4, -0.2) is 22.9 Å². The molecule has 7 aromatic carbocycles. The first-order valence-electron chi connectivity index (χ1n) is 18.8. The minimum Gasteiger partial charge on any atom is -0.455 e. The smallest absolute Gasteiger partial charge is 0.142 e. The number of rotatable bonds is 4. The first-order chi connectivity index (χ1) is 26.0. The number of nitrogens with zero attached hydrogens (tertiary/aromatic N) is 1. The molecule has 1 unspecified atom stereocenters. The Labute approximate surface area is 313 Å². The Bertz CT molecular complexity index is 2880. The first-order valence-corrected chi connectivity index (χ1v) is 23.8. The minimum absolute atomic E-state index is 0.112. The lowest BCUT2D eigenvalue weighted by Gasteiger charge is -2.37. The second-order valence-electron chi connectivity index (χ2n) is 15.4. The molecule has 1 atom stereocenters. The van der Waals surface area contributed by atoms with Gasteiger partial charge in [0, 0.05) is 27.7 Å². The zero-order chi connectivity index (χ0) is 35.4. The zero-order valence-electron chi connectivity index (χ0n) is 30.2. The number of furan rings is 1. The maximum Gasteiger partial charge on any atom is 0.142 e. The molecule has 53 heavy (non-hydrogen) atoms. The molecule has 2 aliphatic heterocycles. The monoisotopic (exact) mass is 712 g/mol. The van der Waals surface area contributed by atoms with Gasteiger partial charge in [-0.25, -0.2) is 0 Å². The fourth-order valence-electron chi connectivity index (χ4n) is 9.63. The molecule has 0 spiro atoms. The van der Waals surface area contributed by atoms with Crippen LogP contribution in [0.25, 0.3) is 60.5 Å². The van der Waals surface area contributed by atoms with Gasteiger partial charge in [0.15, 0.2) is 0 Å². The lowest BCUT2D eigenvalue weighted by molar-refractivity contribution is 0.667. The third-order valence-corrected chi connectivity index (χ3v) is 18.3. The molecule has 0 saturated heterocycles. The second-order valence-corrected chi connectivity index (χ2v) is 22.1. The fraction of sp³-hybridized carbons (Fsp3) is 0.102. The Kier molecular flexibility index (Phi) is 6.65. The summed E-state index contributed by atoms with van der Waals surface area (Å²) in [7, 11) is -2.78. The third-order valence-electron chi connectivity index (χ3n) is 12.3. The van der Waals surface area contributed by atoms with Gasteiger partial charge in [0.25, 0.3) is 0 Å². The summed E-state index contributed by atoms with van der Waals surface area (Å²) >= 11 is 0. The molecule has 8 aromatic rings. The number of fused-ring (bicyclic) bond motifs is 10. The molecule has 253 valence electrons. The van der Waals surface area contributed by atoms with E-state index in [1.807, 2.05) is 0 Å². The maximum atomic E-state index is 6.79. The summed E-state index contributed by atoms with van der Waals surface area (Å²) < 4.78 is 6.79. The molecule has 3 heterocycles. The number of allylic oxidation sites excluding steroid dienone is 2. The van der Waals surface area contributed by atoms with Crippen molar-refractivity contribution in [3.05, 3.63) is 169 Å². The summed E-state index contributed by atoms with van der Waals surface area (Å²) in [5.41, 5.74) is 12.5. The maximum absolute atomic E-state index is 6.79. The van der Waals surface area contributed by atoms with Gasteiger partial charge >= 0.3 is 0 Å². The van der Waals surface area contributed by atoms with Crippen LogP contribution in [0.5, 0.6) is 0 Å². The summed E-state index contributed by atoms with van der Waals surface area (Å²) in [6.07, 6.45) is 5.78. The SMILES string of the molecule is C[Si]1C2=C(c3c1ccc1c3oc3ccccc31)C(N(c1ccc(-c3ccc4ccccc4c3)cc1)c1ccc3c(c1)-c1ccccc1[Si]3(C)C)CC=C2. The van der Waals surface area contributed by atoms with Crippen LogP contribution in [0.15, 0.2) is 167 Å². The predicted molar refractivity (Wildman–Crippen MR) is 230 cm³/mol. The molecule has 2 nitrogen and oxygen atoms in total. The van der Waals surface area contributed by atoms with Crippen LogP contribution in [0, 0.1) is 0 Å². The topological polar surface area (TPSA) is 16.4 Å². The lowest BCUT2D eigenvalue weighted by atomic mass is 9.89. The highest BCUT2D eigenvalue weighted by Crippen LogP contribution is 2.46. The van der Waals surface area contributed by atoms with Gasteiger partial charge in [-0.3, -0.25) is 0 Å². The molecule has 1 radical (unpaired) electrons. The number of hydrogen-bond donors (Lipinski definition) is 0. The Hall–Kier alpha value is -5.69. The Morgan fingerprint density at radius 2 is 1.38 bits per heavy atom. The minimum atomic E-state index is -1.79. The lowest BCUT2D eigenvalue weighted by Crippen LogP contribution is -2.49. The van der Waals surface area contributed by atoms with Crippen molar-refractivity contribution in [1.29, 1.82) is 0 Å². The van der Waals surface area contributed by atoms with Crippen LogP contribution in [0.2, 0.25) is 19.6 Å². The molecule has 0 amide bonds. The Morgan fingerprint density at radius 3 is 2.26 bits per heavy atom. The molecule has 0 N–H and O–H groups in total. The van der Waals surface area contributed by atoms with Gasteiger partial charge in [-0.2, -0.15) is 0 Å². The van der Waals surface area contributed by atoms with Crippen molar-refractivity contribution in [3.63, 3.8) is 0 Å². The van der Waals surface area contributed by atoms with Crippen LogP contribution >= 0.6 is 0 Å². The van der Waals surface area contributed by atoms with Crippen LogP contribution < -0.4 is 20.5 Å². The standard InChI is InChI=1S/C49H38NOSi2/c1-52-43-17-10-15-41(47(43)48-44(52)27-26-39-37-13-6-8-16-42(37)51-49(39)48)50(36-25-28-46-40(30-36)38-14-7-9-18-45(38)53(46,2)3)35-23-21-32(22-24-35)34-20-19-31-11-4-5-12-33(31)29-34/h4-14,16-30,41H,15H2,1-3H3. The fourth-order valence-corrected chi connectivity index (χ4v) is 15.0. The van der Waals surface area contributed by atoms with Crippen molar-refractivity contribution in [2.24, 2.45) is 0 Å². The van der Waals surface area contributed by atoms with Crippen LogP contribution in [-0.2, 0) is 0 Å². The summed E-state index contributed by atoms with van der Waals surface area (Å²) in [6, 6.07) is 54.6. The van der Waals surface area contributed by atoms with E-state index in [9.17, 15) is 0 Å². The summed E-state index contributed by atoms with van der Waals surface area (Å²) in [6.45, 7) is 7.47. The highest BCUT2D eigenvalue weighted by Gasteiger charge is 2.41. The molecular formula is C49H38NOSi2. The van der Waals surface area contributed by atoms with E-state index in [2.05, 4.69) is 182 Å². The van der Waals surface area contributed by atoms with Crippen molar-refractivity contribution in [1.82, 2.24) is 0 Å². The normalized spacial score (nSPS) is 17.0. The second kappa shape index (κ2) is 11.4. The van der Waals surface area contributed by atoms with Gasteiger partial charge in [0.2, 0.25) is 0 Å². The van der Waals surface area contributed by atoms with Crippen molar-refractivity contribution in [3.8, 4) is 22.3 Å². The average molecular weight is 713 g/mol. The van der Waals surface area contributed by atoms with Gasteiger partial charge in [0.1, 0.15) is 28.0 Å². The number of anilines is 2. The van der Waals surface area contributed by atoms with Gasteiger partial charge < -0.3 is 9.32 Å². The van der Waals surface area contributed by atoms with Crippen molar-refractivity contribution < 1.29 is 4.42 Å². The number of benzene rings is 7. The molecule has 1 aliphatic carbocycles. The van der Waals surface area contributed by atoms with E-state index in [1.165, 1.54) is 81.9 Å². The van der Waals surface area contributed by atoms with E-state index in [-0.39, 0.29) is 6.04 Å². The highest BCUT2D eigenvalue weighted by atomic mass is 28.3. The van der Waals surface area contributed by atoms with Crippen molar-refractivity contribution in [2.75, 3.05) is 4.90 Å². The van der Waals surface area contributed by atoms with Crippen molar-refractivity contribution in [2.45, 2.75) is 32.1 Å². The third kappa shape index (κ3) is 4.49. The molecule has 11 rings (SSSR count). The van der Waals surface area contributed by atoms with Crippen LogP contribution in [0.3, 0.4) is 0 Å². The molecular weight excluding hydrogens is 675 g/mol. The summed E-state index contributed by atoms with van der Waals surface area (Å²) in [4.78, 5) is 2.64. The quantitative estimate of drug-likeness (QED) is 0.169. The van der Waals surface area contributed by atoms with E-state index in [4.69, 9.17) is 4.42 Å². The van der Waals surface area contributed by atoms with E-state index in [0.717, 1.165) is 17.6 Å². The largest absolute Gasteiger partial charge is 0.455 e. The van der Waals surface area contributed by atoms with E-state index in [0.29, 0.717) is 0 Å². The molecule has 0 saturated carbocycles. The van der Waals surface area contributed by atoms with Gasteiger partial charge in [-0.15, -0.1) is 0 Å². The van der Waals surface area contributed by atoms with E-state index in [1.54, 1.807) is 5.19 Å². The molecule has 1 aromatic heterocycles. The number of hydrogen-bond acceptors (Lipinski definition) is 2. The molecule has 3 aliphatic rings. The predicted octanol–water partition coefficient (Wildman–Crippen LogP) is 11.0. The average Bonchev–Trinajstić information content (AvgIpc) is 3.80. The molecule has 0 bridgehead atoms. The zero-order valence-corrected chi connectivity index (χ0v) is 32.2. The van der Waals surface area contributed by atoms with Crippen LogP contribution in [0.4, 0.5) is 11.4 Å². The molecule has 0 fully saturated rings. The number of para-hydroxylation sites is 1. The Balaban J connectivity index is 1.11. The van der Waals surface area contributed by atoms with Crippen LogP contribution in [0.1, 0.15) is 12.0 Å². The van der Waals surface area contributed by atoms with Gasteiger partial charge in [0.05, 0.1) is 6.04 Å². The summed E-state index contributed by atoms with van der Waals surface area (Å²) in [5.74, 6) is 0. The summed E-state index contributed by atoms with van der Waals surface area (Å²) in [5, 5.41) is 11.0. The van der Waals surface area contributed by atoms with Gasteiger partial charge in [-0.1, -0.05) is 146 Å². The highest BCUT2D eigenvalue weighted by molar-refractivity contribution is 7.03. The van der Waals surface area contributed by atoms with Crippen molar-refractivity contribution >= 4 is 82.1 Å². The Morgan fingerprint density at radius 1 is 0.642 bits per heavy atom. The van der Waals surface area contributed by atoms with E-state index < -0.39 is 16.9 Å². The van der Waals surface area contributed by atoms with Gasteiger partial charge in [-0.05, 0) is 97.0 Å².